The summed E-state index contributed by atoms with van der Waals surface area (Å²) in [5, 5.41) is 9.75. The summed E-state index contributed by atoms with van der Waals surface area (Å²) in [6.07, 6.45) is -0.896. The number of rotatable bonds is 3. The largest absolute Gasteiger partial charge is 0.419 e. The Hall–Kier alpha value is -1.88. The van der Waals surface area contributed by atoms with Crippen molar-refractivity contribution < 1.29 is 14.3 Å². The molecule has 1 aromatic carbocycles. The second kappa shape index (κ2) is 4.18. The molecule has 17 heavy (non-hydrogen) atoms. The van der Waals surface area contributed by atoms with Gasteiger partial charge in [-0.1, -0.05) is 13.0 Å². The number of aryl methyl sites for hydroxylation is 1. The lowest BCUT2D eigenvalue weighted by Gasteiger charge is -2.07. The van der Waals surface area contributed by atoms with Crippen molar-refractivity contribution in [1.82, 2.24) is 4.57 Å². The standard InChI is InChI=1S/C12H13NO4/c1-3-9(14)11(15)7-4-5-8-10(6-7)17-12(16)13(8)2/h4-6,11,15H,3H2,1-2H3. The number of benzene rings is 1. The predicted octanol–water partition coefficient (Wildman–Crippen LogP) is 1.14. The Morgan fingerprint density at radius 3 is 2.88 bits per heavy atom. The lowest BCUT2D eigenvalue weighted by molar-refractivity contribution is -0.127. The van der Waals surface area contributed by atoms with Crippen molar-refractivity contribution in [3.8, 4) is 0 Å². The zero-order chi connectivity index (χ0) is 12.6. The Labute approximate surface area is 97.3 Å². The highest BCUT2D eigenvalue weighted by Gasteiger charge is 2.17. The van der Waals surface area contributed by atoms with Crippen LogP contribution in [0, 0.1) is 0 Å². The molecule has 0 aliphatic carbocycles. The highest BCUT2D eigenvalue weighted by Crippen LogP contribution is 2.20. The molecule has 0 amide bonds. The number of oxazole rings is 1. The Balaban J connectivity index is 2.52. The van der Waals surface area contributed by atoms with E-state index in [1.54, 1.807) is 26.1 Å². The summed E-state index contributed by atoms with van der Waals surface area (Å²) in [6, 6.07) is 4.80. The minimum atomic E-state index is -1.16. The Bertz CT molecular complexity index is 623. The Kier molecular flexibility index (Phi) is 2.85. The van der Waals surface area contributed by atoms with Gasteiger partial charge in [-0.25, -0.2) is 4.79 Å². The third-order valence-electron chi connectivity index (χ3n) is 2.79. The topological polar surface area (TPSA) is 72.4 Å². The second-order valence-corrected chi connectivity index (χ2v) is 3.88. The molecule has 5 heteroatoms. The molecule has 0 bridgehead atoms. The van der Waals surface area contributed by atoms with E-state index in [2.05, 4.69) is 0 Å². The fraction of sp³-hybridized carbons (Fsp3) is 0.333. The van der Waals surface area contributed by atoms with Crippen LogP contribution in [0.2, 0.25) is 0 Å². The smallest absolute Gasteiger partial charge is 0.408 e. The number of aliphatic hydroxyl groups is 1. The van der Waals surface area contributed by atoms with Crippen molar-refractivity contribution in [3.63, 3.8) is 0 Å². The third-order valence-corrected chi connectivity index (χ3v) is 2.79. The van der Waals surface area contributed by atoms with Crippen LogP contribution in [0.4, 0.5) is 0 Å². The monoisotopic (exact) mass is 235 g/mol. The Morgan fingerprint density at radius 2 is 2.24 bits per heavy atom. The summed E-state index contributed by atoms with van der Waals surface area (Å²) < 4.78 is 6.36. The van der Waals surface area contributed by atoms with Gasteiger partial charge in [-0.05, 0) is 17.7 Å². The van der Waals surface area contributed by atoms with Gasteiger partial charge in [0.25, 0.3) is 0 Å². The maximum absolute atomic E-state index is 11.4. The molecule has 90 valence electrons. The van der Waals surface area contributed by atoms with Crippen molar-refractivity contribution in [3.05, 3.63) is 34.3 Å². The molecule has 1 atom stereocenters. The van der Waals surface area contributed by atoms with E-state index in [4.69, 9.17) is 4.42 Å². The maximum Gasteiger partial charge on any atom is 0.419 e. The molecule has 1 N–H and O–H groups in total. The maximum atomic E-state index is 11.4. The van der Waals surface area contributed by atoms with E-state index in [1.165, 1.54) is 10.6 Å². The van der Waals surface area contributed by atoms with Gasteiger partial charge in [-0.3, -0.25) is 9.36 Å². The molecule has 0 saturated carbocycles. The van der Waals surface area contributed by atoms with Crippen LogP contribution >= 0.6 is 0 Å². The normalized spacial score (nSPS) is 12.9. The number of Topliss-reactive ketones (excluding diaryl/α,β-unsaturated/α-hetero) is 1. The zero-order valence-electron chi connectivity index (χ0n) is 9.64. The SMILES string of the molecule is CCC(=O)C(O)c1ccc2c(c1)oc(=O)n2C. The van der Waals surface area contributed by atoms with E-state index in [0.29, 0.717) is 16.7 Å². The van der Waals surface area contributed by atoms with Crippen LogP contribution in [0.1, 0.15) is 25.0 Å². The molecular weight excluding hydrogens is 222 g/mol. The van der Waals surface area contributed by atoms with Gasteiger partial charge in [-0.15, -0.1) is 0 Å². The predicted molar refractivity (Wildman–Crippen MR) is 61.7 cm³/mol. The minimum absolute atomic E-state index is 0.261. The first-order valence-electron chi connectivity index (χ1n) is 5.35. The molecule has 1 heterocycles. The van der Waals surface area contributed by atoms with E-state index in [-0.39, 0.29) is 12.2 Å². The van der Waals surface area contributed by atoms with Gasteiger partial charge < -0.3 is 9.52 Å². The summed E-state index contributed by atoms with van der Waals surface area (Å²) in [6.45, 7) is 1.69. The van der Waals surface area contributed by atoms with Gasteiger partial charge in [0.05, 0.1) is 5.52 Å². The number of carbonyl (C=O) groups is 1. The fourth-order valence-electron chi connectivity index (χ4n) is 1.70. The van der Waals surface area contributed by atoms with Gasteiger partial charge in [0.2, 0.25) is 0 Å². The van der Waals surface area contributed by atoms with Crippen molar-refractivity contribution in [2.45, 2.75) is 19.4 Å². The van der Waals surface area contributed by atoms with Gasteiger partial charge in [0.1, 0.15) is 6.10 Å². The van der Waals surface area contributed by atoms with Crippen molar-refractivity contribution in [1.29, 1.82) is 0 Å². The van der Waals surface area contributed by atoms with Crippen LogP contribution in [0.5, 0.6) is 0 Å². The number of nitrogens with zero attached hydrogens (tertiary/aromatic N) is 1. The number of hydrogen-bond acceptors (Lipinski definition) is 4. The number of ketones is 1. The molecule has 0 aliphatic heterocycles. The quantitative estimate of drug-likeness (QED) is 0.866. The van der Waals surface area contributed by atoms with Crippen LogP contribution in [0.15, 0.2) is 27.4 Å². The third kappa shape index (κ3) is 1.89. The molecule has 0 aliphatic rings. The van der Waals surface area contributed by atoms with E-state index in [9.17, 15) is 14.7 Å². The zero-order valence-corrected chi connectivity index (χ0v) is 9.64. The van der Waals surface area contributed by atoms with E-state index < -0.39 is 11.9 Å². The first-order chi connectivity index (χ1) is 8.04. The molecule has 2 rings (SSSR count). The molecular formula is C12H13NO4. The number of carbonyl (C=O) groups excluding carboxylic acids is 1. The van der Waals surface area contributed by atoms with E-state index in [1.807, 2.05) is 0 Å². The van der Waals surface area contributed by atoms with Crippen molar-refractivity contribution >= 4 is 16.9 Å². The summed E-state index contributed by atoms with van der Waals surface area (Å²) in [5.41, 5.74) is 1.45. The molecule has 5 nitrogen and oxygen atoms in total. The van der Waals surface area contributed by atoms with Crippen LogP contribution in [-0.2, 0) is 11.8 Å². The molecule has 1 unspecified atom stereocenters. The van der Waals surface area contributed by atoms with Crippen LogP contribution < -0.4 is 5.76 Å². The van der Waals surface area contributed by atoms with Crippen molar-refractivity contribution in [2.75, 3.05) is 0 Å². The van der Waals surface area contributed by atoms with Gasteiger partial charge in [0, 0.05) is 13.5 Å². The summed E-state index contributed by atoms with van der Waals surface area (Å²) in [4.78, 5) is 22.6. The number of fused-ring (bicyclic) bond motifs is 1. The Morgan fingerprint density at radius 1 is 1.53 bits per heavy atom. The van der Waals surface area contributed by atoms with Gasteiger partial charge in [0.15, 0.2) is 11.4 Å². The first kappa shape index (κ1) is 11.6. The fourth-order valence-corrected chi connectivity index (χ4v) is 1.70. The molecule has 2 aromatic rings. The molecule has 0 spiro atoms. The van der Waals surface area contributed by atoms with Crippen LogP contribution in [0.3, 0.4) is 0 Å². The molecule has 1 aromatic heterocycles. The number of hydrogen-bond donors (Lipinski definition) is 1. The average molecular weight is 235 g/mol. The highest BCUT2D eigenvalue weighted by molar-refractivity contribution is 5.85. The summed E-state index contributed by atoms with van der Waals surface area (Å²) >= 11 is 0. The van der Waals surface area contributed by atoms with E-state index in [0.717, 1.165) is 0 Å². The molecule has 0 fully saturated rings. The minimum Gasteiger partial charge on any atom is -0.408 e. The number of aromatic nitrogens is 1. The molecule has 0 saturated heterocycles. The molecule has 0 radical (unpaired) electrons. The lowest BCUT2D eigenvalue weighted by Crippen LogP contribution is -2.10. The van der Waals surface area contributed by atoms with E-state index >= 15 is 0 Å². The van der Waals surface area contributed by atoms with Crippen LogP contribution in [-0.4, -0.2) is 15.5 Å². The second-order valence-electron chi connectivity index (χ2n) is 3.88. The summed E-state index contributed by atoms with van der Waals surface area (Å²) in [7, 11) is 1.60. The lowest BCUT2D eigenvalue weighted by atomic mass is 10.0. The summed E-state index contributed by atoms with van der Waals surface area (Å²) in [5.74, 6) is -0.726. The highest BCUT2D eigenvalue weighted by atomic mass is 16.4. The average Bonchev–Trinajstić information content (AvgIpc) is 2.62. The first-order valence-corrected chi connectivity index (χ1v) is 5.35. The van der Waals surface area contributed by atoms with Gasteiger partial charge >= 0.3 is 5.76 Å². The number of aliphatic hydroxyl groups excluding tert-OH is 1. The van der Waals surface area contributed by atoms with Gasteiger partial charge in [-0.2, -0.15) is 0 Å². The van der Waals surface area contributed by atoms with Crippen LogP contribution in [0.25, 0.3) is 11.1 Å². The van der Waals surface area contributed by atoms with Crippen molar-refractivity contribution in [2.24, 2.45) is 7.05 Å².